The monoisotopic (exact) mass is 384 g/mol. The van der Waals surface area contributed by atoms with Crippen molar-refractivity contribution in [2.45, 2.75) is 64.5 Å². The number of para-hydroxylation sites is 1. The average Bonchev–Trinajstić information content (AvgIpc) is 2.83. The van der Waals surface area contributed by atoms with Gasteiger partial charge in [0.15, 0.2) is 0 Å². The Hall–Kier alpha value is -2.37. The molecule has 0 aromatic heterocycles. The number of carbonyl (C=O) groups excluding carboxylic acids is 2. The SMILES string of the molecule is CCCCCNC(=O)NC1N=C(C2CCCCC2)c2ccccc2N(C)C1=O. The molecule has 1 aliphatic heterocycles. The molecule has 1 heterocycles. The molecule has 1 aromatic carbocycles. The number of aliphatic imine (C=N–C) groups is 1. The van der Waals surface area contributed by atoms with Crippen LogP contribution >= 0.6 is 0 Å². The Kier molecular flexibility index (Phi) is 7.06. The number of benzene rings is 1. The van der Waals surface area contributed by atoms with E-state index in [0.717, 1.165) is 49.1 Å². The van der Waals surface area contributed by atoms with Crippen LogP contribution in [0.4, 0.5) is 10.5 Å². The third-order valence-corrected chi connectivity index (χ3v) is 5.70. The molecule has 3 amide bonds. The number of unbranched alkanes of at least 4 members (excludes halogenated alkanes) is 2. The van der Waals surface area contributed by atoms with Crippen LogP contribution < -0.4 is 15.5 Å². The highest BCUT2D eigenvalue weighted by molar-refractivity contribution is 6.13. The molecule has 152 valence electrons. The largest absolute Gasteiger partial charge is 0.338 e. The highest BCUT2D eigenvalue weighted by Gasteiger charge is 2.33. The summed E-state index contributed by atoms with van der Waals surface area (Å²) in [6, 6.07) is 7.60. The summed E-state index contributed by atoms with van der Waals surface area (Å²) in [6.07, 6.45) is 8.02. The molecular formula is C22H32N4O2. The number of likely N-dealkylation sites (N-methyl/N-ethyl adjacent to an activating group) is 1. The van der Waals surface area contributed by atoms with E-state index < -0.39 is 6.17 Å². The molecule has 2 N–H and O–H groups in total. The van der Waals surface area contributed by atoms with Gasteiger partial charge in [-0.05, 0) is 25.3 Å². The van der Waals surface area contributed by atoms with Crippen molar-refractivity contribution in [1.29, 1.82) is 0 Å². The van der Waals surface area contributed by atoms with Crippen molar-refractivity contribution in [1.82, 2.24) is 10.6 Å². The van der Waals surface area contributed by atoms with Crippen molar-refractivity contribution in [2.75, 3.05) is 18.5 Å². The maximum absolute atomic E-state index is 13.0. The summed E-state index contributed by atoms with van der Waals surface area (Å²) in [6.45, 7) is 2.73. The van der Waals surface area contributed by atoms with Crippen molar-refractivity contribution in [3.05, 3.63) is 29.8 Å². The summed E-state index contributed by atoms with van der Waals surface area (Å²) in [5.41, 5.74) is 2.84. The van der Waals surface area contributed by atoms with Crippen LogP contribution in [0, 0.1) is 5.92 Å². The van der Waals surface area contributed by atoms with E-state index in [0.29, 0.717) is 12.5 Å². The number of anilines is 1. The van der Waals surface area contributed by atoms with Gasteiger partial charge in [0.25, 0.3) is 5.91 Å². The molecule has 1 atom stereocenters. The Morgan fingerprint density at radius 3 is 2.68 bits per heavy atom. The van der Waals surface area contributed by atoms with E-state index >= 15 is 0 Å². The van der Waals surface area contributed by atoms with Gasteiger partial charge in [0, 0.05) is 25.1 Å². The minimum Gasteiger partial charge on any atom is -0.338 e. The van der Waals surface area contributed by atoms with Gasteiger partial charge in [-0.2, -0.15) is 0 Å². The number of nitrogens with zero attached hydrogens (tertiary/aromatic N) is 2. The van der Waals surface area contributed by atoms with Crippen LogP contribution in [-0.4, -0.2) is 37.4 Å². The lowest BCUT2D eigenvalue weighted by molar-refractivity contribution is -0.119. The molecule has 28 heavy (non-hydrogen) atoms. The fourth-order valence-corrected chi connectivity index (χ4v) is 4.10. The van der Waals surface area contributed by atoms with Gasteiger partial charge in [-0.1, -0.05) is 57.2 Å². The van der Waals surface area contributed by atoms with Gasteiger partial charge < -0.3 is 15.5 Å². The van der Waals surface area contributed by atoms with Gasteiger partial charge in [-0.15, -0.1) is 0 Å². The van der Waals surface area contributed by atoms with Crippen molar-refractivity contribution in [3.63, 3.8) is 0 Å². The van der Waals surface area contributed by atoms with Crippen LogP contribution in [0.15, 0.2) is 29.3 Å². The number of amides is 3. The standard InChI is InChI=1S/C22H32N4O2/c1-3-4-10-15-23-22(28)25-20-21(27)26(2)18-14-9-8-13-17(18)19(24-20)16-11-6-5-7-12-16/h8-9,13-14,16,20H,3-7,10-12,15H2,1-2H3,(H2,23,25,28). The van der Waals surface area contributed by atoms with E-state index in [1.165, 1.54) is 19.3 Å². The van der Waals surface area contributed by atoms with Crippen LogP contribution in [0.25, 0.3) is 0 Å². The summed E-state index contributed by atoms with van der Waals surface area (Å²) < 4.78 is 0. The van der Waals surface area contributed by atoms with Gasteiger partial charge in [-0.3, -0.25) is 9.79 Å². The highest BCUT2D eigenvalue weighted by atomic mass is 16.2. The fourth-order valence-electron chi connectivity index (χ4n) is 4.10. The minimum atomic E-state index is -0.888. The summed E-state index contributed by atoms with van der Waals surface area (Å²) in [7, 11) is 1.76. The number of hydrogen-bond acceptors (Lipinski definition) is 3. The van der Waals surface area contributed by atoms with E-state index in [1.807, 2.05) is 24.3 Å². The van der Waals surface area contributed by atoms with Crippen LogP contribution in [0.2, 0.25) is 0 Å². The second kappa shape index (κ2) is 9.71. The first-order valence-corrected chi connectivity index (χ1v) is 10.6. The van der Waals surface area contributed by atoms with Crippen LogP contribution in [0.1, 0.15) is 63.9 Å². The molecule has 6 heteroatoms. The number of rotatable bonds is 6. The Bertz CT molecular complexity index is 725. The maximum atomic E-state index is 13.0. The topological polar surface area (TPSA) is 73.8 Å². The smallest absolute Gasteiger partial charge is 0.316 e. The average molecular weight is 385 g/mol. The number of benzodiazepines with no additional fused rings is 1. The summed E-state index contributed by atoms with van der Waals surface area (Å²) in [5, 5.41) is 5.64. The Balaban J connectivity index is 1.83. The molecule has 0 saturated heterocycles. The molecule has 3 rings (SSSR count). The molecule has 2 aliphatic rings. The number of urea groups is 1. The normalized spacial score (nSPS) is 20.2. The second-order valence-electron chi connectivity index (χ2n) is 7.77. The molecular weight excluding hydrogens is 352 g/mol. The third kappa shape index (κ3) is 4.72. The highest BCUT2D eigenvalue weighted by Crippen LogP contribution is 2.33. The van der Waals surface area contributed by atoms with E-state index in [2.05, 4.69) is 17.6 Å². The molecule has 1 aliphatic carbocycles. The first-order chi connectivity index (χ1) is 13.6. The number of carbonyl (C=O) groups is 2. The molecule has 1 unspecified atom stereocenters. The zero-order chi connectivity index (χ0) is 19.9. The number of fused-ring (bicyclic) bond motifs is 1. The zero-order valence-corrected chi connectivity index (χ0v) is 17.0. The Labute approximate surface area is 167 Å². The van der Waals surface area contributed by atoms with E-state index in [1.54, 1.807) is 11.9 Å². The predicted octanol–water partition coefficient (Wildman–Crippen LogP) is 3.85. The number of nitrogens with one attached hydrogen (secondary N) is 2. The first kappa shape index (κ1) is 20.4. The molecule has 0 bridgehead atoms. The van der Waals surface area contributed by atoms with Crippen molar-refractivity contribution in [3.8, 4) is 0 Å². The van der Waals surface area contributed by atoms with E-state index in [4.69, 9.17) is 4.99 Å². The molecule has 0 spiro atoms. The Morgan fingerprint density at radius 2 is 1.93 bits per heavy atom. The number of hydrogen-bond donors (Lipinski definition) is 2. The van der Waals surface area contributed by atoms with Crippen LogP contribution in [-0.2, 0) is 4.79 Å². The molecule has 1 saturated carbocycles. The quantitative estimate of drug-likeness (QED) is 0.731. The molecule has 0 radical (unpaired) electrons. The van der Waals surface area contributed by atoms with Gasteiger partial charge in [-0.25, -0.2) is 4.79 Å². The fraction of sp³-hybridized carbons (Fsp3) is 0.591. The minimum absolute atomic E-state index is 0.207. The molecule has 6 nitrogen and oxygen atoms in total. The van der Waals surface area contributed by atoms with Gasteiger partial charge in [0.1, 0.15) is 0 Å². The third-order valence-electron chi connectivity index (χ3n) is 5.70. The van der Waals surface area contributed by atoms with Crippen molar-refractivity contribution >= 4 is 23.3 Å². The predicted molar refractivity (Wildman–Crippen MR) is 113 cm³/mol. The van der Waals surface area contributed by atoms with E-state index in [-0.39, 0.29) is 11.9 Å². The Morgan fingerprint density at radius 1 is 1.18 bits per heavy atom. The lowest BCUT2D eigenvalue weighted by Gasteiger charge is -2.24. The zero-order valence-electron chi connectivity index (χ0n) is 17.0. The van der Waals surface area contributed by atoms with Crippen LogP contribution in [0.5, 0.6) is 0 Å². The van der Waals surface area contributed by atoms with Gasteiger partial charge in [0.05, 0.1) is 11.4 Å². The van der Waals surface area contributed by atoms with Gasteiger partial charge >= 0.3 is 6.03 Å². The van der Waals surface area contributed by atoms with Crippen molar-refractivity contribution in [2.24, 2.45) is 10.9 Å². The lowest BCUT2D eigenvalue weighted by atomic mass is 9.83. The molecule has 1 fully saturated rings. The second-order valence-corrected chi connectivity index (χ2v) is 7.77. The van der Waals surface area contributed by atoms with Crippen molar-refractivity contribution < 1.29 is 9.59 Å². The summed E-state index contributed by atoms with van der Waals surface area (Å²) >= 11 is 0. The summed E-state index contributed by atoms with van der Waals surface area (Å²) in [5.74, 6) is 0.132. The maximum Gasteiger partial charge on any atom is 0.316 e. The van der Waals surface area contributed by atoms with Crippen LogP contribution in [0.3, 0.4) is 0 Å². The van der Waals surface area contributed by atoms with Gasteiger partial charge in [0.2, 0.25) is 6.17 Å². The lowest BCUT2D eigenvalue weighted by Crippen LogP contribution is -2.49. The summed E-state index contributed by atoms with van der Waals surface area (Å²) in [4.78, 5) is 31.8. The first-order valence-electron chi connectivity index (χ1n) is 10.6. The van der Waals surface area contributed by atoms with E-state index in [9.17, 15) is 9.59 Å². The molecule has 1 aromatic rings.